The van der Waals surface area contributed by atoms with E-state index in [0.717, 1.165) is 11.1 Å². The van der Waals surface area contributed by atoms with Crippen LogP contribution in [0.2, 0.25) is 0 Å². The van der Waals surface area contributed by atoms with Crippen LogP contribution in [0, 0.1) is 5.92 Å². The molecule has 0 aliphatic heterocycles. The van der Waals surface area contributed by atoms with Crippen molar-refractivity contribution in [3.8, 4) is 0 Å². The van der Waals surface area contributed by atoms with Crippen LogP contribution < -0.4 is 11.1 Å². The van der Waals surface area contributed by atoms with E-state index in [1.165, 1.54) is 0 Å². The molecule has 1 aromatic carbocycles. The molecule has 108 valence electrons. The molecule has 0 spiro atoms. The summed E-state index contributed by atoms with van der Waals surface area (Å²) in [5.74, 6) is 0.836. The predicted octanol–water partition coefficient (Wildman–Crippen LogP) is 2.87. The molecule has 0 aliphatic rings. The average Bonchev–Trinajstić information content (AvgIpc) is 2.80. The number of hydrogen-bond donors (Lipinski definition) is 2. The van der Waals surface area contributed by atoms with Crippen molar-refractivity contribution >= 4 is 22.7 Å². The predicted molar refractivity (Wildman–Crippen MR) is 79.5 cm³/mol. The Hall–Kier alpha value is -1.88. The van der Waals surface area contributed by atoms with Gasteiger partial charge < -0.3 is 15.5 Å². The van der Waals surface area contributed by atoms with E-state index in [2.05, 4.69) is 10.3 Å². The lowest BCUT2D eigenvalue weighted by Gasteiger charge is -2.15. The van der Waals surface area contributed by atoms with Gasteiger partial charge >= 0.3 is 0 Å². The number of carbonyl (C=O) groups is 1. The molecule has 3 N–H and O–H groups in total. The first-order chi connectivity index (χ1) is 9.38. The van der Waals surface area contributed by atoms with Crippen molar-refractivity contribution in [3.05, 3.63) is 24.1 Å². The Morgan fingerprint density at radius 2 is 2.00 bits per heavy atom. The van der Waals surface area contributed by atoms with Crippen molar-refractivity contribution in [2.45, 2.75) is 39.7 Å². The van der Waals surface area contributed by atoms with Crippen molar-refractivity contribution in [2.24, 2.45) is 11.7 Å². The quantitative estimate of drug-likeness (QED) is 0.899. The summed E-state index contributed by atoms with van der Waals surface area (Å²) >= 11 is 0. The smallest absolute Gasteiger partial charge is 0.241 e. The summed E-state index contributed by atoms with van der Waals surface area (Å²) in [6.45, 7) is 7.88. The molecular formula is C15H21N3O2. The average molecular weight is 275 g/mol. The molecular weight excluding hydrogens is 254 g/mol. The molecule has 5 nitrogen and oxygen atoms in total. The van der Waals surface area contributed by atoms with E-state index in [-0.39, 0.29) is 17.7 Å². The van der Waals surface area contributed by atoms with Gasteiger partial charge in [-0.25, -0.2) is 4.98 Å². The Bertz CT molecular complexity index is 617. The monoisotopic (exact) mass is 275 g/mol. The van der Waals surface area contributed by atoms with Crippen molar-refractivity contribution in [1.29, 1.82) is 0 Å². The molecule has 0 saturated heterocycles. The number of oxazole rings is 1. The van der Waals surface area contributed by atoms with Crippen molar-refractivity contribution < 1.29 is 9.21 Å². The van der Waals surface area contributed by atoms with Crippen molar-refractivity contribution in [3.63, 3.8) is 0 Å². The molecule has 0 unspecified atom stereocenters. The highest BCUT2D eigenvalue weighted by Gasteiger charge is 2.17. The maximum atomic E-state index is 11.9. The van der Waals surface area contributed by atoms with Crippen LogP contribution >= 0.6 is 0 Å². The molecule has 0 radical (unpaired) electrons. The first-order valence-corrected chi connectivity index (χ1v) is 6.85. The number of nitrogens with zero attached hydrogens (tertiary/aromatic N) is 1. The summed E-state index contributed by atoms with van der Waals surface area (Å²) in [6, 6.07) is 4.89. The van der Waals surface area contributed by atoms with Crippen LogP contribution in [0.5, 0.6) is 0 Å². The second-order valence-corrected chi connectivity index (χ2v) is 5.65. The Morgan fingerprint density at radius 1 is 1.30 bits per heavy atom. The lowest BCUT2D eigenvalue weighted by Crippen LogP contribution is -2.39. The minimum absolute atomic E-state index is 0.0957. The number of fused-ring (bicyclic) bond motifs is 1. The molecule has 1 aromatic heterocycles. The van der Waals surface area contributed by atoms with Crippen LogP contribution in [0.15, 0.2) is 22.6 Å². The fraction of sp³-hybridized carbons (Fsp3) is 0.467. The molecule has 0 saturated carbocycles. The Kier molecular flexibility index (Phi) is 4.09. The second-order valence-electron chi connectivity index (χ2n) is 5.65. The van der Waals surface area contributed by atoms with E-state index in [1.54, 1.807) is 12.1 Å². The summed E-state index contributed by atoms with van der Waals surface area (Å²) in [5, 5.41) is 2.81. The lowest BCUT2D eigenvalue weighted by molar-refractivity contribution is -0.118. The van der Waals surface area contributed by atoms with Gasteiger partial charge in [0.05, 0.1) is 6.04 Å². The standard InChI is InChI=1S/C15H21N3O2/c1-8(2)13(16)14(19)17-10-5-6-12-11(7-10)18-15(20-12)9(3)4/h5-9,13H,16H2,1-4H3,(H,17,19)/t13-/m0/s1. The maximum Gasteiger partial charge on any atom is 0.241 e. The van der Waals surface area contributed by atoms with Gasteiger partial charge in [0.1, 0.15) is 5.52 Å². The molecule has 0 aliphatic carbocycles. The fourth-order valence-electron chi connectivity index (χ4n) is 1.80. The van der Waals surface area contributed by atoms with Gasteiger partial charge in [-0.05, 0) is 24.1 Å². The number of nitrogens with one attached hydrogen (secondary N) is 1. The number of hydrogen-bond acceptors (Lipinski definition) is 4. The minimum atomic E-state index is -0.519. The van der Waals surface area contributed by atoms with Gasteiger partial charge in [-0.15, -0.1) is 0 Å². The molecule has 5 heteroatoms. The largest absolute Gasteiger partial charge is 0.440 e. The van der Waals surface area contributed by atoms with Gasteiger partial charge in [0.2, 0.25) is 5.91 Å². The third kappa shape index (κ3) is 2.99. The number of nitrogens with two attached hydrogens (primary N) is 1. The summed E-state index contributed by atoms with van der Waals surface area (Å²) in [7, 11) is 0. The van der Waals surface area contributed by atoms with Gasteiger partial charge in [-0.1, -0.05) is 27.7 Å². The van der Waals surface area contributed by atoms with Gasteiger partial charge in [0, 0.05) is 11.6 Å². The van der Waals surface area contributed by atoms with Crippen molar-refractivity contribution in [1.82, 2.24) is 4.98 Å². The number of aromatic nitrogens is 1. The fourth-order valence-corrected chi connectivity index (χ4v) is 1.80. The number of rotatable bonds is 4. The first-order valence-electron chi connectivity index (χ1n) is 6.85. The summed E-state index contributed by atoms with van der Waals surface area (Å²) < 4.78 is 5.63. The Morgan fingerprint density at radius 3 is 2.60 bits per heavy atom. The first kappa shape index (κ1) is 14.5. The molecule has 1 heterocycles. The molecule has 0 fully saturated rings. The number of carbonyl (C=O) groups excluding carboxylic acids is 1. The SMILES string of the molecule is CC(C)c1nc2cc(NC(=O)[C@@H](N)C(C)C)ccc2o1. The normalized spacial score (nSPS) is 13.2. The molecule has 2 aromatic rings. The van der Waals surface area contributed by atoms with E-state index >= 15 is 0 Å². The lowest BCUT2D eigenvalue weighted by atomic mass is 10.0. The van der Waals surface area contributed by atoms with E-state index in [0.29, 0.717) is 11.6 Å². The summed E-state index contributed by atoms with van der Waals surface area (Å²) in [4.78, 5) is 16.3. The molecule has 2 rings (SSSR count). The van der Waals surface area contributed by atoms with Crippen LogP contribution in [-0.4, -0.2) is 16.9 Å². The van der Waals surface area contributed by atoms with Crippen LogP contribution in [0.4, 0.5) is 5.69 Å². The van der Waals surface area contributed by atoms with Crippen LogP contribution in [-0.2, 0) is 4.79 Å². The van der Waals surface area contributed by atoms with Crippen molar-refractivity contribution in [2.75, 3.05) is 5.32 Å². The molecule has 1 amide bonds. The Labute approximate surface area is 118 Å². The number of benzene rings is 1. The molecule has 0 bridgehead atoms. The van der Waals surface area contributed by atoms with Gasteiger partial charge in [0.15, 0.2) is 11.5 Å². The highest BCUT2D eigenvalue weighted by atomic mass is 16.3. The van der Waals surface area contributed by atoms with Gasteiger partial charge in [-0.2, -0.15) is 0 Å². The van der Waals surface area contributed by atoms with E-state index in [4.69, 9.17) is 10.2 Å². The highest BCUT2D eigenvalue weighted by Crippen LogP contribution is 2.23. The van der Waals surface area contributed by atoms with E-state index in [9.17, 15) is 4.79 Å². The van der Waals surface area contributed by atoms with Crippen LogP contribution in [0.25, 0.3) is 11.1 Å². The maximum absolute atomic E-state index is 11.9. The molecule has 1 atom stereocenters. The zero-order valence-electron chi connectivity index (χ0n) is 12.3. The highest BCUT2D eigenvalue weighted by molar-refractivity contribution is 5.96. The van der Waals surface area contributed by atoms with Gasteiger partial charge in [0.25, 0.3) is 0 Å². The third-order valence-electron chi connectivity index (χ3n) is 3.19. The van der Waals surface area contributed by atoms with E-state index in [1.807, 2.05) is 33.8 Å². The van der Waals surface area contributed by atoms with Crippen LogP contribution in [0.1, 0.15) is 39.5 Å². The minimum Gasteiger partial charge on any atom is -0.440 e. The third-order valence-corrected chi connectivity index (χ3v) is 3.19. The topological polar surface area (TPSA) is 81.2 Å². The summed E-state index contributed by atoms with van der Waals surface area (Å²) in [5.41, 5.74) is 7.96. The van der Waals surface area contributed by atoms with Gasteiger partial charge in [-0.3, -0.25) is 4.79 Å². The van der Waals surface area contributed by atoms with E-state index < -0.39 is 6.04 Å². The zero-order chi connectivity index (χ0) is 14.9. The Balaban J connectivity index is 2.21. The summed E-state index contributed by atoms with van der Waals surface area (Å²) in [6.07, 6.45) is 0. The number of amides is 1. The molecule has 20 heavy (non-hydrogen) atoms. The second kappa shape index (κ2) is 5.63. The van der Waals surface area contributed by atoms with Crippen LogP contribution in [0.3, 0.4) is 0 Å². The zero-order valence-corrected chi connectivity index (χ0v) is 12.3. The number of anilines is 1.